The average molecular weight is 399 g/mol. The molecule has 1 atom stereocenters. The number of nitrogens with zero attached hydrogens (tertiary/aromatic N) is 3. The number of piperazine rings is 1. The highest BCUT2D eigenvalue weighted by atomic mass is 16.2. The van der Waals surface area contributed by atoms with Crippen LogP contribution in [0.1, 0.15) is 34.1 Å². The second kappa shape index (κ2) is 7.82. The fraction of sp³-hybridized carbons (Fsp3) is 0.280. The van der Waals surface area contributed by atoms with Crippen molar-refractivity contribution in [2.24, 2.45) is 0 Å². The zero-order chi connectivity index (χ0) is 20.5. The first kappa shape index (κ1) is 18.7. The van der Waals surface area contributed by atoms with Gasteiger partial charge in [-0.15, -0.1) is 0 Å². The molecule has 0 bridgehead atoms. The van der Waals surface area contributed by atoms with Crippen molar-refractivity contribution >= 4 is 17.4 Å². The zero-order valence-corrected chi connectivity index (χ0v) is 16.9. The van der Waals surface area contributed by atoms with E-state index >= 15 is 0 Å². The monoisotopic (exact) mass is 399 g/mol. The predicted octanol–water partition coefficient (Wildman–Crippen LogP) is 3.56. The van der Waals surface area contributed by atoms with E-state index in [4.69, 9.17) is 0 Å². The molecule has 1 fully saturated rings. The van der Waals surface area contributed by atoms with Crippen LogP contribution in [0.4, 0.5) is 5.69 Å². The van der Waals surface area contributed by atoms with Gasteiger partial charge in [0.05, 0.1) is 11.6 Å². The van der Waals surface area contributed by atoms with Crippen molar-refractivity contribution in [3.8, 4) is 0 Å². The minimum Gasteiger partial charge on any atom is -0.368 e. The smallest absolute Gasteiger partial charge is 0.231 e. The number of rotatable bonds is 4. The van der Waals surface area contributed by atoms with E-state index < -0.39 is 0 Å². The van der Waals surface area contributed by atoms with Gasteiger partial charge in [0.2, 0.25) is 11.7 Å². The molecular formula is C25H25N3O2. The first-order valence-electron chi connectivity index (χ1n) is 10.6. The first-order chi connectivity index (χ1) is 14.7. The van der Waals surface area contributed by atoms with Crippen molar-refractivity contribution in [3.05, 3.63) is 89.7 Å². The van der Waals surface area contributed by atoms with Crippen molar-refractivity contribution < 1.29 is 9.59 Å². The molecule has 0 unspecified atom stereocenters. The summed E-state index contributed by atoms with van der Waals surface area (Å²) in [6, 6.07) is 23.5. The lowest BCUT2D eigenvalue weighted by atomic mass is 10.0. The zero-order valence-electron chi connectivity index (χ0n) is 16.9. The molecule has 0 N–H and O–H groups in total. The molecule has 5 rings (SSSR count). The van der Waals surface area contributed by atoms with Crippen LogP contribution >= 0.6 is 0 Å². The van der Waals surface area contributed by atoms with Gasteiger partial charge in [-0.3, -0.25) is 9.59 Å². The number of fused-ring (bicyclic) bond motifs is 1. The molecule has 3 aromatic rings. The van der Waals surface area contributed by atoms with Gasteiger partial charge in [-0.1, -0.05) is 48.5 Å². The molecule has 5 heteroatoms. The third kappa shape index (κ3) is 3.30. The van der Waals surface area contributed by atoms with E-state index in [1.807, 2.05) is 70.1 Å². The van der Waals surface area contributed by atoms with E-state index in [0.29, 0.717) is 11.3 Å². The molecule has 0 aliphatic carbocycles. The topological polar surface area (TPSA) is 45.6 Å². The number of hydrogen-bond donors (Lipinski definition) is 0. The second-order valence-corrected chi connectivity index (χ2v) is 7.98. The molecule has 3 heterocycles. The number of para-hydroxylation sites is 1. The largest absolute Gasteiger partial charge is 0.368 e. The maximum absolute atomic E-state index is 13.3. The maximum atomic E-state index is 13.3. The number of carbonyl (C=O) groups excluding carboxylic acids is 2. The molecule has 2 aliphatic rings. The Morgan fingerprint density at radius 3 is 2.10 bits per heavy atom. The second-order valence-electron chi connectivity index (χ2n) is 7.98. The summed E-state index contributed by atoms with van der Waals surface area (Å²) in [5.41, 5.74) is 3.55. The number of aromatic nitrogens is 1. The van der Waals surface area contributed by atoms with E-state index in [0.717, 1.165) is 44.8 Å². The quantitative estimate of drug-likeness (QED) is 0.630. The molecule has 1 saturated heterocycles. The van der Waals surface area contributed by atoms with E-state index in [1.165, 1.54) is 5.69 Å². The summed E-state index contributed by atoms with van der Waals surface area (Å²) >= 11 is 0. The first-order valence-corrected chi connectivity index (χ1v) is 10.6. The number of carbonyl (C=O) groups is 2. The molecule has 152 valence electrons. The minimum atomic E-state index is -0.148. The molecule has 1 amide bonds. The van der Waals surface area contributed by atoms with Gasteiger partial charge >= 0.3 is 0 Å². The van der Waals surface area contributed by atoms with Gasteiger partial charge < -0.3 is 14.4 Å². The highest BCUT2D eigenvalue weighted by Crippen LogP contribution is 2.33. The molecule has 2 aromatic carbocycles. The number of hydrogen-bond acceptors (Lipinski definition) is 3. The Hall–Kier alpha value is -3.34. The van der Waals surface area contributed by atoms with Gasteiger partial charge in [-0.05, 0) is 30.7 Å². The van der Waals surface area contributed by atoms with Crippen LogP contribution in [0.25, 0.3) is 0 Å². The standard InChI is InChI=1S/C25H25N3O2/c29-24(19-7-3-1-4-8-19)23-12-11-22-21(13-14-28(22)23)25(30)27-17-15-26(16-18-27)20-9-5-2-6-10-20/h1-12,21H,13-18H2/t21-/m0/s1. The molecular weight excluding hydrogens is 374 g/mol. The van der Waals surface area contributed by atoms with Crippen molar-refractivity contribution in [1.82, 2.24) is 9.47 Å². The van der Waals surface area contributed by atoms with Gasteiger partial charge in [0.15, 0.2) is 0 Å². The molecule has 0 saturated carbocycles. The number of benzene rings is 2. The highest BCUT2D eigenvalue weighted by Gasteiger charge is 2.35. The van der Waals surface area contributed by atoms with Crippen LogP contribution in [0.5, 0.6) is 0 Å². The SMILES string of the molecule is O=C(c1ccccc1)c1ccc2n1CC[C@@H]2C(=O)N1CCN(c2ccccc2)CC1. The van der Waals surface area contributed by atoms with Crippen LogP contribution in [0, 0.1) is 0 Å². The van der Waals surface area contributed by atoms with Gasteiger partial charge in [0.1, 0.15) is 0 Å². The van der Waals surface area contributed by atoms with Crippen LogP contribution < -0.4 is 4.90 Å². The summed E-state index contributed by atoms with van der Waals surface area (Å²) in [5.74, 6) is 0.0651. The lowest BCUT2D eigenvalue weighted by molar-refractivity contribution is -0.133. The third-order valence-corrected chi connectivity index (χ3v) is 6.29. The Bertz CT molecular complexity index is 1050. The summed E-state index contributed by atoms with van der Waals surface area (Å²) in [4.78, 5) is 30.5. The molecule has 1 aromatic heterocycles. The Labute approximate surface area is 176 Å². The highest BCUT2D eigenvalue weighted by molar-refractivity contribution is 6.08. The minimum absolute atomic E-state index is 0.0198. The van der Waals surface area contributed by atoms with E-state index in [9.17, 15) is 9.59 Å². The summed E-state index contributed by atoms with van der Waals surface area (Å²) in [6.07, 6.45) is 0.767. The number of amides is 1. The number of ketones is 1. The maximum Gasteiger partial charge on any atom is 0.231 e. The Kier molecular flexibility index (Phi) is 4.87. The lowest BCUT2D eigenvalue weighted by Crippen LogP contribution is -2.49. The van der Waals surface area contributed by atoms with Crippen LogP contribution in [-0.4, -0.2) is 47.3 Å². The summed E-state index contributed by atoms with van der Waals surface area (Å²) in [5, 5.41) is 0. The predicted molar refractivity (Wildman–Crippen MR) is 117 cm³/mol. The van der Waals surface area contributed by atoms with Gasteiger partial charge in [-0.25, -0.2) is 0 Å². The van der Waals surface area contributed by atoms with Crippen LogP contribution in [0.2, 0.25) is 0 Å². The van der Waals surface area contributed by atoms with Crippen LogP contribution in [-0.2, 0) is 11.3 Å². The van der Waals surface area contributed by atoms with Crippen LogP contribution in [0.15, 0.2) is 72.8 Å². The summed E-state index contributed by atoms with van der Waals surface area (Å²) in [6.45, 7) is 3.89. The molecule has 0 spiro atoms. The fourth-order valence-electron chi connectivity index (χ4n) is 4.67. The van der Waals surface area contributed by atoms with Crippen molar-refractivity contribution in [2.75, 3.05) is 31.1 Å². The summed E-state index contributed by atoms with van der Waals surface area (Å²) in [7, 11) is 0. The van der Waals surface area contributed by atoms with Crippen LogP contribution in [0.3, 0.4) is 0 Å². The fourth-order valence-corrected chi connectivity index (χ4v) is 4.67. The van der Waals surface area contributed by atoms with E-state index in [2.05, 4.69) is 17.0 Å². The lowest BCUT2D eigenvalue weighted by Gasteiger charge is -2.37. The average Bonchev–Trinajstić information content (AvgIpc) is 3.42. The Balaban J connectivity index is 1.28. The van der Waals surface area contributed by atoms with E-state index in [1.54, 1.807) is 0 Å². The van der Waals surface area contributed by atoms with Crippen molar-refractivity contribution in [3.63, 3.8) is 0 Å². The molecule has 0 radical (unpaired) electrons. The molecule has 5 nitrogen and oxygen atoms in total. The van der Waals surface area contributed by atoms with E-state index in [-0.39, 0.29) is 17.6 Å². The van der Waals surface area contributed by atoms with Gasteiger partial charge in [0.25, 0.3) is 0 Å². The van der Waals surface area contributed by atoms with Gasteiger partial charge in [-0.2, -0.15) is 0 Å². The van der Waals surface area contributed by atoms with Crippen molar-refractivity contribution in [1.29, 1.82) is 0 Å². The number of anilines is 1. The summed E-state index contributed by atoms with van der Waals surface area (Å²) < 4.78 is 2.04. The Morgan fingerprint density at radius 1 is 0.733 bits per heavy atom. The molecule has 30 heavy (non-hydrogen) atoms. The molecule has 2 aliphatic heterocycles. The normalized spacial score (nSPS) is 18.3. The third-order valence-electron chi connectivity index (χ3n) is 6.29. The Morgan fingerprint density at radius 2 is 1.40 bits per heavy atom. The van der Waals surface area contributed by atoms with Crippen molar-refractivity contribution in [2.45, 2.75) is 18.9 Å². The van der Waals surface area contributed by atoms with Gasteiger partial charge in [0, 0.05) is 49.7 Å².